The molecule has 0 radical (unpaired) electrons. The molecule has 0 spiro atoms. The van der Waals surface area contributed by atoms with Gasteiger partial charge in [-0.2, -0.15) is 0 Å². The molecule has 0 aromatic heterocycles. The van der Waals surface area contributed by atoms with Crippen LogP contribution in [0.4, 0.5) is 0 Å². The molecule has 1 unspecified atom stereocenters. The third-order valence-electron chi connectivity index (χ3n) is 3.65. The molecule has 0 saturated heterocycles. The quantitative estimate of drug-likeness (QED) is 0.904. The first kappa shape index (κ1) is 16.4. The van der Waals surface area contributed by atoms with Gasteiger partial charge in [-0.05, 0) is 50.1 Å². The van der Waals surface area contributed by atoms with E-state index < -0.39 is 0 Å². The maximum absolute atomic E-state index is 12.5. The number of benzene rings is 2. The first-order chi connectivity index (χ1) is 10.4. The second-order valence-electron chi connectivity index (χ2n) is 5.40. The van der Waals surface area contributed by atoms with Gasteiger partial charge in [-0.3, -0.25) is 4.79 Å². The Labute approximate surface area is 136 Å². The minimum absolute atomic E-state index is 0.101. The standard InChI is InChI=1S/C18H20ClNO2/c1-11-5-6-12(2)15(9-11)13(3)20-18(21)16-10-14(19)7-8-17(16)22-4/h5-10,13H,1-4H3,(H,20,21). The second-order valence-corrected chi connectivity index (χ2v) is 5.84. The third kappa shape index (κ3) is 3.60. The van der Waals surface area contributed by atoms with E-state index >= 15 is 0 Å². The highest BCUT2D eigenvalue weighted by molar-refractivity contribution is 6.31. The average Bonchev–Trinajstić information content (AvgIpc) is 2.49. The summed E-state index contributed by atoms with van der Waals surface area (Å²) in [5.41, 5.74) is 3.86. The number of aryl methyl sites for hydroxylation is 2. The van der Waals surface area contributed by atoms with Crippen LogP contribution in [-0.2, 0) is 0 Å². The lowest BCUT2D eigenvalue weighted by atomic mass is 9.99. The average molecular weight is 318 g/mol. The van der Waals surface area contributed by atoms with E-state index in [0.717, 1.165) is 11.1 Å². The Morgan fingerprint density at radius 3 is 2.59 bits per heavy atom. The Hall–Kier alpha value is -2.00. The number of halogens is 1. The van der Waals surface area contributed by atoms with Gasteiger partial charge >= 0.3 is 0 Å². The lowest BCUT2D eigenvalue weighted by Crippen LogP contribution is -2.27. The molecule has 116 valence electrons. The van der Waals surface area contributed by atoms with Crippen molar-refractivity contribution < 1.29 is 9.53 Å². The van der Waals surface area contributed by atoms with Crippen molar-refractivity contribution in [1.82, 2.24) is 5.32 Å². The second kappa shape index (κ2) is 6.84. The molecule has 0 bridgehead atoms. The van der Waals surface area contributed by atoms with Gasteiger partial charge in [0.15, 0.2) is 0 Å². The maximum Gasteiger partial charge on any atom is 0.255 e. The number of hydrogen-bond acceptors (Lipinski definition) is 2. The smallest absolute Gasteiger partial charge is 0.255 e. The van der Waals surface area contributed by atoms with E-state index in [-0.39, 0.29) is 11.9 Å². The minimum Gasteiger partial charge on any atom is -0.496 e. The van der Waals surface area contributed by atoms with Gasteiger partial charge < -0.3 is 10.1 Å². The monoisotopic (exact) mass is 317 g/mol. The van der Waals surface area contributed by atoms with Crippen molar-refractivity contribution >= 4 is 17.5 Å². The van der Waals surface area contributed by atoms with Crippen molar-refractivity contribution in [3.05, 3.63) is 63.7 Å². The molecular weight excluding hydrogens is 298 g/mol. The zero-order chi connectivity index (χ0) is 16.3. The predicted octanol–water partition coefficient (Wildman–Crippen LogP) is 4.46. The van der Waals surface area contributed by atoms with Crippen LogP contribution in [-0.4, -0.2) is 13.0 Å². The van der Waals surface area contributed by atoms with Gasteiger partial charge in [0.25, 0.3) is 5.91 Å². The minimum atomic E-state index is -0.201. The fourth-order valence-electron chi connectivity index (χ4n) is 2.44. The molecule has 1 N–H and O–H groups in total. The van der Waals surface area contributed by atoms with Gasteiger partial charge in [-0.15, -0.1) is 0 Å². The first-order valence-electron chi connectivity index (χ1n) is 7.14. The summed E-state index contributed by atoms with van der Waals surface area (Å²) >= 11 is 5.98. The van der Waals surface area contributed by atoms with E-state index in [0.29, 0.717) is 16.3 Å². The van der Waals surface area contributed by atoms with Crippen molar-refractivity contribution in [1.29, 1.82) is 0 Å². The molecule has 0 saturated carbocycles. The Morgan fingerprint density at radius 1 is 1.18 bits per heavy atom. The topological polar surface area (TPSA) is 38.3 Å². The van der Waals surface area contributed by atoms with Crippen LogP contribution in [0.5, 0.6) is 5.75 Å². The van der Waals surface area contributed by atoms with Crippen LogP contribution in [0, 0.1) is 13.8 Å². The number of amides is 1. The lowest BCUT2D eigenvalue weighted by molar-refractivity contribution is 0.0936. The zero-order valence-electron chi connectivity index (χ0n) is 13.2. The number of carbonyl (C=O) groups excluding carboxylic acids is 1. The summed E-state index contributed by atoms with van der Waals surface area (Å²) in [6, 6.07) is 11.1. The fourth-order valence-corrected chi connectivity index (χ4v) is 2.61. The maximum atomic E-state index is 12.5. The van der Waals surface area contributed by atoms with Gasteiger partial charge in [0.05, 0.1) is 18.7 Å². The molecule has 0 fully saturated rings. The van der Waals surface area contributed by atoms with E-state index in [4.69, 9.17) is 16.3 Å². The van der Waals surface area contributed by atoms with E-state index in [1.54, 1.807) is 18.2 Å². The highest BCUT2D eigenvalue weighted by atomic mass is 35.5. The number of methoxy groups -OCH3 is 1. The number of hydrogen-bond donors (Lipinski definition) is 1. The molecule has 4 heteroatoms. The molecule has 2 aromatic rings. The van der Waals surface area contributed by atoms with Crippen LogP contribution in [0.25, 0.3) is 0 Å². The largest absolute Gasteiger partial charge is 0.496 e. The third-order valence-corrected chi connectivity index (χ3v) is 3.89. The highest BCUT2D eigenvalue weighted by Gasteiger charge is 2.17. The van der Waals surface area contributed by atoms with E-state index in [1.807, 2.05) is 20.8 Å². The Bertz CT molecular complexity index is 697. The normalized spacial score (nSPS) is 11.9. The number of rotatable bonds is 4. The molecule has 0 heterocycles. The van der Waals surface area contributed by atoms with Gasteiger partial charge in [0.2, 0.25) is 0 Å². The summed E-state index contributed by atoms with van der Waals surface area (Å²) in [6.07, 6.45) is 0. The summed E-state index contributed by atoms with van der Waals surface area (Å²) in [4.78, 5) is 12.5. The molecule has 22 heavy (non-hydrogen) atoms. The van der Waals surface area contributed by atoms with Crippen molar-refractivity contribution in [2.24, 2.45) is 0 Å². The Balaban J connectivity index is 2.25. The van der Waals surface area contributed by atoms with E-state index in [9.17, 15) is 4.79 Å². The molecule has 1 atom stereocenters. The fraction of sp³-hybridized carbons (Fsp3) is 0.278. The summed E-state index contributed by atoms with van der Waals surface area (Å²) in [6.45, 7) is 6.05. The number of ether oxygens (including phenoxy) is 1. The summed E-state index contributed by atoms with van der Waals surface area (Å²) in [7, 11) is 1.54. The van der Waals surface area contributed by atoms with Crippen molar-refractivity contribution in [3.63, 3.8) is 0 Å². The SMILES string of the molecule is COc1ccc(Cl)cc1C(=O)NC(C)c1cc(C)ccc1C. The van der Waals surface area contributed by atoms with Gasteiger partial charge in [-0.1, -0.05) is 35.4 Å². The zero-order valence-corrected chi connectivity index (χ0v) is 14.0. The van der Waals surface area contributed by atoms with Crippen molar-refractivity contribution in [2.75, 3.05) is 7.11 Å². The molecule has 0 aliphatic carbocycles. The predicted molar refractivity (Wildman–Crippen MR) is 89.8 cm³/mol. The van der Waals surface area contributed by atoms with Crippen molar-refractivity contribution in [2.45, 2.75) is 26.8 Å². The Morgan fingerprint density at radius 2 is 1.91 bits per heavy atom. The molecule has 1 amide bonds. The number of nitrogens with one attached hydrogen (secondary N) is 1. The van der Waals surface area contributed by atoms with Crippen LogP contribution in [0.3, 0.4) is 0 Å². The molecule has 3 nitrogen and oxygen atoms in total. The van der Waals surface area contributed by atoms with Crippen LogP contribution in [0.15, 0.2) is 36.4 Å². The van der Waals surface area contributed by atoms with Gasteiger partial charge in [0, 0.05) is 5.02 Å². The van der Waals surface area contributed by atoms with Gasteiger partial charge in [0.1, 0.15) is 5.75 Å². The molecule has 0 aliphatic rings. The van der Waals surface area contributed by atoms with Crippen LogP contribution in [0.2, 0.25) is 5.02 Å². The molecule has 2 aromatic carbocycles. The van der Waals surface area contributed by atoms with E-state index in [1.165, 1.54) is 12.7 Å². The Kier molecular flexibility index (Phi) is 5.09. The van der Waals surface area contributed by atoms with Crippen molar-refractivity contribution in [3.8, 4) is 5.75 Å². The summed E-state index contributed by atoms with van der Waals surface area (Å²) < 4.78 is 5.23. The molecular formula is C18H20ClNO2. The molecule has 2 rings (SSSR count). The van der Waals surface area contributed by atoms with E-state index in [2.05, 4.69) is 23.5 Å². The van der Waals surface area contributed by atoms with Gasteiger partial charge in [-0.25, -0.2) is 0 Å². The van der Waals surface area contributed by atoms with Crippen LogP contribution >= 0.6 is 11.6 Å². The lowest BCUT2D eigenvalue weighted by Gasteiger charge is -2.18. The molecule has 0 aliphatic heterocycles. The first-order valence-corrected chi connectivity index (χ1v) is 7.51. The van der Waals surface area contributed by atoms with Crippen LogP contribution < -0.4 is 10.1 Å². The highest BCUT2D eigenvalue weighted by Crippen LogP contribution is 2.24. The number of carbonyl (C=O) groups is 1. The summed E-state index contributed by atoms with van der Waals surface area (Å²) in [5, 5.41) is 3.51. The van der Waals surface area contributed by atoms with Crippen LogP contribution in [0.1, 0.15) is 40.0 Å². The summed E-state index contributed by atoms with van der Waals surface area (Å²) in [5.74, 6) is 0.308.